The first-order chi connectivity index (χ1) is 7.19. The Balaban J connectivity index is 1.87. The predicted molar refractivity (Wildman–Crippen MR) is 70.2 cm³/mol. The van der Waals surface area contributed by atoms with E-state index in [1.54, 1.807) is 11.3 Å². The van der Waals surface area contributed by atoms with Gasteiger partial charge in [0.05, 0.1) is 5.69 Å². The van der Waals surface area contributed by atoms with E-state index in [0.29, 0.717) is 0 Å². The minimum Gasteiger partial charge on any atom is -0.351 e. The van der Waals surface area contributed by atoms with E-state index in [9.17, 15) is 0 Å². The molecule has 1 aromatic rings. The number of hydrogen-bond acceptors (Lipinski definition) is 3. The maximum atomic E-state index is 4.59. The third kappa shape index (κ3) is 2.72. The van der Waals surface area contributed by atoms with Crippen molar-refractivity contribution in [3.63, 3.8) is 0 Å². The Labute approximate surface area is 104 Å². The highest BCUT2D eigenvalue weighted by Crippen LogP contribution is 2.34. The van der Waals surface area contributed by atoms with Crippen LogP contribution in [0.5, 0.6) is 0 Å². The number of anilines is 1. The van der Waals surface area contributed by atoms with Gasteiger partial charge in [0, 0.05) is 23.8 Å². The molecule has 84 valence electrons. The standard InChI is InChI=1S/C11H17BrN2S/c1-3-10-7-15-11(13-10)14(2)6-8-4-9(12)5-8/h7-9H,3-6H2,1-2H3. The molecule has 0 N–H and O–H groups in total. The lowest BCUT2D eigenvalue weighted by Crippen LogP contribution is -2.34. The monoisotopic (exact) mass is 288 g/mol. The van der Waals surface area contributed by atoms with Crippen molar-refractivity contribution >= 4 is 32.4 Å². The van der Waals surface area contributed by atoms with Crippen LogP contribution in [0.2, 0.25) is 0 Å². The molecule has 0 saturated heterocycles. The van der Waals surface area contributed by atoms with Gasteiger partial charge >= 0.3 is 0 Å². The minimum absolute atomic E-state index is 0.762. The number of aryl methyl sites for hydroxylation is 1. The normalized spacial score (nSPS) is 25.0. The first-order valence-corrected chi connectivity index (χ1v) is 7.28. The zero-order chi connectivity index (χ0) is 10.8. The van der Waals surface area contributed by atoms with E-state index in [4.69, 9.17) is 0 Å². The fourth-order valence-electron chi connectivity index (χ4n) is 1.90. The van der Waals surface area contributed by atoms with Crippen LogP contribution in [0.15, 0.2) is 5.38 Å². The summed E-state index contributed by atoms with van der Waals surface area (Å²) in [6, 6.07) is 0. The first kappa shape index (κ1) is 11.4. The van der Waals surface area contributed by atoms with Crippen LogP contribution in [0.4, 0.5) is 5.13 Å². The smallest absolute Gasteiger partial charge is 0.185 e. The van der Waals surface area contributed by atoms with Gasteiger partial charge in [0.25, 0.3) is 0 Å². The van der Waals surface area contributed by atoms with Gasteiger partial charge in [-0.25, -0.2) is 4.98 Å². The van der Waals surface area contributed by atoms with Gasteiger partial charge in [-0.3, -0.25) is 0 Å². The summed E-state index contributed by atoms with van der Waals surface area (Å²) in [6.07, 6.45) is 3.67. The van der Waals surface area contributed by atoms with Gasteiger partial charge < -0.3 is 4.90 Å². The van der Waals surface area contributed by atoms with Gasteiger partial charge in [0.15, 0.2) is 5.13 Å². The SMILES string of the molecule is CCc1csc(N(C)CC2CC(Br)C2)n1. The first-order valence-electron chi connectivity index (χ1n) is 5.48. The second kappa shape index (κ2) is 4.83. The summed E-state index contributed by atoms with van der Waals surface area (Å²) in [4.78, 5) is 7.65. The molecular formula is C11H17BrN2S. The number of thiazole rings is 1. The number of nitrogens with zero attached hydrogens (tertiary/aromatic N) is 2. The van der Waals surface area contributed by atoms with Crippen molar-refractivity contribution in [2.75, 3.05) is 18.5 Å². The lowest BCUT2D eigenvalue weighted by Gasteiger charge is -2.34. The third-order valence-electron chi connectivity index (χ3n) is 2.94. The van der Waals surface area contributed by atoms with Crippen LogP contribution in [-0.2, 0) is 6.42 Å². The number of rotatable bonds is 4. The number of halogens is 1. The van der Waals surface area contributed by atoms with E-state index in [1.165, 1.54) is 23.7 Å². The Bertz CT molecular complexity index is 320. The van der Waals surface area contributed by atoms with Gasteiger partial charge in [-0.05, 0) is 25.2 Å². The summed E-state index contributed by atoms with van der Waals surface area (Å²) in [6.45, 7) is 3.30. The van der Waals surface area contributed by atoms with Crippen LogP contribution in [0.1, 0.15) is 25.5 Å². The quantitative estimate of drug-likeness (QED) is 0.791. The molecular weight excluding hydrogens is 272 g/mol. The molecule has 2 nitrogen and oxygen atoms in total. The maximum absolute atomic E-state index is 4.59. The second-order valence-electron chi connectivity index (χ2n) is 4.29. The van der Waals surface area contributed by atoms with Crippen molar-refractivity contribution < 1.29 is 0 Å². The van der Waals surface area contributed by atoms with E-state index in [0.717, 1.165) is 23.7 Å². The lowest BCUT2D eigenvalue weighted by molar-refractivity contribution is 0.339. The lowest BCUT2D eigenvalue weighted by atomic mass is 9.85. The molecule has 4 heteroatoms. The molecule has 1 saturated carbocycles. The molecule has 1 aliphatic carbocycles. The third-order valence-corrected chi connectivity index (χ3v) is 4.69. The molecule has 1 aliphatic rings. The average Bonchev–Trinajstić information content (AvgIpc) is 2.63. The number of aromatic nitrogens is 1. The Hall–Kier alpha value is -0.0900. The molecule has 0 unspecified atom stereocenters. The fraction of sp³-hybridized carbons (Fsp3) is 0.727. The Kier molecular flexibility index (Phi) is 3.67. The van der Waals surface area contributed by atoms with Crippen LogP contribution in [0.25, 0.3) is 0 Å². The Morgan fingerprint density at radius 1 is 1.60 bits per heavy atom. The molecule has 0 radical (unpaired) electrons. The van der Waals surface area contributed by atoms with Crippen LogP contribution in [0, 0.1) is 5.92 Å². The average molecular weight is 289 g/mol. The highest BCUT2D eigenvalue weighted by atomic mass is 79.9. The van der Waals surface area contributed by atoms with E-state index in [-0.39, 0.29) is 0 Å². The maximum Gasteiger partial charge on any atom is 0.185 e. The topological polar surface area (TPSA) is 16.1 Å². The Morgan fingerprint density at radius 2 is 2.33 bits per heavy atom. The van der Waals surface area contributed by atoms with E-state index < -0.39 is 0 Å². The van der Waals surface area contributed by atoms with Gasteiger partial charge in [-0.2, -0.15) is 0 Å². The molecule has 0 bridgehead atoms. The second-order valence-corrected chi connectivity index (χ2v) is 6.42. The molecule has 2 rings (SSSR count). The molecule has 0 spiro atoms. The zero-order valence-corrected chi connectivity index (χ0v) is 11.6. The van der Waals surface area contributed by atoms with Crippen molar-refractivity contribution in [3.05, 3.63) is 11.1 Å². The summed E-state index contributed by atoms with van der Waals surface area (Å²) in [5.41, 5.74) is 1.22. The predicted octanol–water partition coefficient (Wildman–Crippen LogP) is 3.32. The fourth-order valence-corrected chi connectivity index (χ4v) is 3.85. The molecule has 1 aromatic heterocycles. The summed E-state index contributed by atoms with van der Waals surface area (Å²) < 4.78 is 0. The highest BCUT2D eigenvalue weighted by molar-refractivity contribution is 9.09. The van der Waals surface area contributed by atoms with E-state index in [2.05, 4.69) is 45.2 Å². The molecule has 0 aliphatic heterocycles. The zero-order valence-electron chi connectivity index (χ0n) is 9.24. The minimum atomic E-state index is 0.762. The van der Waals surface area contributed by atoms with Crippen molar-refractivity contribution in [1.82, 2.24) is 4.98 Å². The highest BCUT2D eigenvalue weighted by Gasteiger charge is 2.28. The molecule has 1 fully saturated rings. The van der Waals surface area contributed by atoms with E-state index in [1.807, 2.05) is 0 Å². The summed E-state index contributed by atoms with van der Waals surface area (Å²) in [7, 11) is 2.15. The molecule has 0 amide bonds. The van der Waals surface area contributed by atoms with Crippen molar-refractivity contribution in [2.24, 2.45) is 5.92 Å². The van der Waals surface area contributed by atoms with Crippen molar-refractivity contribution in [2.45, 2.75) is 31.0 Å². The van der Waals surface area contributed by atoms with Gasteiger partial charge in [0.2, 0.25) is 0 Å². The number of hydrogen-bond donors (Lipinski definition) is 0. The van der Waals surface area contributed by atoms with Gasteiger partial charge in [-0.1, -0.05) is 22.9 Å². The molecule has 1 heterocycles. The summed E-state index contributed by atoms with van der Waals surface area (Å²) in [5.74, 6) is 0.855. The van der Waals surface area contributed by atoms with Crippen LogP contribution < -0.4 is 4.90 Å². The van der Waals surface area contributed by atoms with Crippen molar-refractivity contribution in [1.29, 1.82) is 0 Å². The molecule has 0 aromatic carbocycles. The largest absolute Gasteiger partial charge is 0.351 e. The molecule has 0 atom stereocenters. The number of alkyl halides is 1. The van der Waals surface area contributed by atoms with Crippen molar-refractivity contribution in [3.8, 4) is 0 Å². The van der Waals surface area contributed by atoms with Gasteiger partial charge in [0.1, 0.15) is 0 Å². The summed E-state index contributed by atoms with van der Waals surface area (Å²) in [5, 5.41) is 3.34. The van der Waals surface area contributed by atoms with Crippen LogP contribution in [0.3, 0.4) is 0 Å². The van der Waals surface area contributed by atoms with E-state index >= 15 is 0 Å². The summed E-state index contributed by atoms with van der Waals surface area (Å²) >= 11 is 5.39. The Morgan fingerprint density at radius 3 is 2.87 bits per heavy atom. The van der Waals surface area contributed by atoms with Gasteiger partial charge in [-0.15, -0.1) is 11.3 Å². The van der Waals surface area contributed by atoms with Crippen LogP contribution in [-0.4, -0.2) is 23.4 Å². The molecule has 15 heavy (non-hydrogen) atoms. The van der Waals surface area contributed by atoms with Crippen LogP contribution >= 0.6 is 27.3 Å².